The molecule has 0 amide bonds. The molecule has 55 heavy (non-hydrogen) atoms. The van der Waals surface area contributed by atoms with Gasteiger partial charge in [0.2, 0.25) is 0 Å². The number of alkyl halides is 6. The van der Waals surface area contributed by atoms with Crippen molar-refractivity contribution in [2.45, 2.75) is 44.8 Å². The average Bonchev–Trinajstić information content (AvgIpc) is 3.89. The van der Waals surface area contributed by atoms with Crippen molar-refractivity contribution >= 4 is 17.5 Å². The summed E-state index contributed by atoms with van der Waals surface area (Å²) in [6.07, 6.45) is -5.11. The normalized spacial score (nSPS) is 12.9. The molecule has 12 nitrogen and oxygen atoms in total. The number of rotatable bonds is 12. The molecular formula is C37H34F6N2O10. The number of pyridine rings is 2. The minimum atomic E-state index is -4.84. The minimum Gasteiger partial charge on any atom is -0.493 e. The first kappa shape index (κ1) is 41.6. The third-order valence-corrected chi connectivity index (χ3v) is 7.78. The van der Waals surface area contributed by atoms with Gasteiger partial charge in [-0.3, -0.25) is 9.97 Å². The van der Waals surface area contributed by atoms with Crippen LogP contribution in [0.2, 0.25) is 0 Å². The Morgan fingerprint density at radius 2 is 1.09 bits per heavy atom. The maximum Gasteiger partial charge on any atom is 0.573 e. The SMILES string of the molecule is C=C(C)c1cc(Oc2ccc(OC(F)(F)F)cc2OC)c(C(=O)OC)cn1.COC(=O)c1cnc(C2(C)CC2)cc1Oc1ccc(OC(F)(F)F)cc1OC. The van der Waals surface area contributed by atoms with E-state index in [1.54, 1.807) is 13.0 Å². The predicted octanol–water partition coefficient (Wildman–Crippen LogP) is 9.22. The number of ether oxygens (including phenoxy) is 8. The van der Waals surface area contributed by atoms with Crippen LogP contribution in [0.4, 0.5) is 26.3 Å². The maximum atomic E-state index is 12.4. The molecule has 1 saturated carbocycles. The Kier molecular flexibility index (Phi) is 12.7. The highest BCUT2D eigenvalue weighted by Gasteiger charge is 2.41. The summed E-state index contributed by atoms with van der Waals surface area (Å²) < 4.78 is 113. The second-order valence-corrected chi connectivity index (χ2v) is 11.9. The zero-order valence-corrected chi connectivity index (χ0v) is 30.1. The fourth-order valence-electron chi connectivity index (χ4n) is 4.67. The van der Waals surface area contributed by atoms with Crippen molar-refractivity contribution in [3.05, 3.63) is 90.0 Å². The molecule has 0 N–H and O–H groups in total. The first-order valence-corrected chi connectivity index (χ1v) is 15.9. The smallest absolute Gasteiger partial charge is 0.493 e. The number of methoxy groups -OCH3 is 4. The molecular weight excluding hydrogens is 746 g/mol. The Morgan fingerprint density at radius 3 is 1.47 bits per heavy atom. The number of nitrogens with zero attached hydrogens (tertiary/aromatic N) is 2. The van der Waals surface area contributed by atoms with Crippen LogP contribution in [0.25, 0.3) is 5.57 Å². The summed E-state index contributed by atoms with van der Waals surface area (Å²) >= 11 is 0. The molecule has 2 aromatic heterocycles. The molecule has 4 aromatic rings. The molecule has 0 spiro atoms. The summed E-state index contributed by atoms with van der Waals surface area (Å²) in [6, 6.07) is 9.80. The van der Waals surface area contributed by atoms with Gasteiger partial charge >= 0.3 is 24.7 Å². The largest absolute Gasteiger partial charge is 0.573 e. The zero-order valence-electron chi connectivity index (χ0n) is 30.1. The number of aromatic nitrogens is 2. The van der Waals surface area contributed by atoms with Crippen molar-refractivity contribution in [3.63, 3.8) is 0 Å². The van der Waals surface area contributed by atoms with Gasteiger partial charge in [0.05, 0.1) is 34.1 Å². The van der Waals surface area contributed by atoms with Crippen LogP contribution >= 0.6 is 0 Å². The Morgan fingerprint density at radius 1 is 0.655 bits per heavy atom. The summed E-state index contributed by atoms with van der Waals surface area (Å²) in [4.78, 5) is 32.4. The number of carbonyl (C=O) groups is 2. The highest BCUT2D eigenvalue weighted by molar-refractivity contribution is 5.93. The molecule has 0 bridgehead atoms. The van der Waals surface area contributed by atoms with E-state index in [4.69, 9.17) is 23.7 Å². The van der Waals surface area contributed by atoms with Gasteiger partial charge in [-0.15, -0.1) is 26.3 Å². The fourth-order valence-corrected chi connectivity index (χ4v) is 4.67. The number of halogens is 6. The van der Waals surface area contributed by atoms with Crippen molar-refractivity contribution in [2.24, 2.45) is 0 Å². The van der Waals surface area contributed by atoms with Gasteiger partial charge in [-0.2, -0.15) is 0 Å². The van der Waals surface area contributed by atoms with E-state index in [1.165, 1.54) is 59.0 Å². The first-order valence-electron chi connectivity index (χ1n) is 15.9. The summed E-state index contributed by atoms with van der Waals surface area (Å²) in [6.45, 7) is 7.52. The first-order chi connectivity index (χ1) is 25.8. The molecule has 0 unspecified atom stereocenters. The van der Waals surface area contributed by atoms with Crippen LogP contribution in [-0.4, -0.2) is 63.1 Å². The maximum absolute atomic E-state index is 12.4. The summed E-state index contributed by atoms with van der Waals surface area (Å²) in [5.74, 6) is -1.85. The van der Waals surface area contributed by atoms with Gasteiger partial charge in [0.1, 0.15) is 34.1 Å². The fraction of sp³-hybridized carbons (Fsp3) is 0.297. The van der Waals surface area contributed by atoms with Gasteiger partial charge in [-0.1, -0.05) is 13.5 Å². The van der Waals surface area contributed by atoms with Gasteiger partial charge in [-0.05, 0) is 49.6 Å². The molecule has 0 atom stereocenters. The molecule has 1 aliphatic rings. The topological polar surface area (TPSA) is 134 Å². The van der Waals surface area contributed by atoms with E-state index in [0.29, 0.717) is 11.3 Å². The van der Waals surface area contributed by atoms with E-state index in [2.05, 4.69) is 30.8 Å². The molecule has 18 heteroatoms. The van der Waals surface area contributed by atoms with Crippen LogP contribution in [-0.2, 0) is 14.9 Å². The summed E-state index contributed by atoms with van der Waals surface area (Å²) in [7, 11) is 4.96. The second-order valence-electron chi connectivity index (χ2n) is 11.9. The predicted molar refractivity (Wildman–Crippen MR) is 182 cm³/mol. The van der Waals surface area contributed by atoms with Crippen molar-refractivity contribution in [1.82, 2.24) is 9.97 Å². The third kappa shape index (κ3) is 11.2. The molecule has 0 radical (unpaired) electrons. The molecule has 1 aliphatic carbocycles. The van der Waals surface area contributed by atoms with Crippen LogP contribution in [0, 0.1) is 0 Å². The van der Waals surface area contributed by atoms with Gasteiger partial charge in [0.25, 0.3) is 0 Å². The second kappa shape index (κ2) is 16.9. The molecule has 1 fully saturated rings. The Bertz CT molecular complexity index is 2050. The summed E-state index contributed by atoms with van der Waals surface area (Å²) in [5, 5.41) is 0. The number of benzene rings is 2. The van der Waals surface area contributed by atoms with Crippen LogP contribution in [0.3, 0.4) is 0 Å². The van der Waals surface area contributed by atoms with Gasteiger partial charge in [-0.25, -0.2) is 9.59 Å². The minimum absolute atomic E-state index is 0.00793. The van der Waals surface area contributed by atoms with Crippen LogP contribution in [0.15, 0.2) is 67.5 Å². The lowest BCUT2D eigenvalue weighted by Crippen LogP contribution is -2.17. The Hall–Kier alpha value is -6.20. The number of hydrogen-bond donors (Lipinski definition) is 0. The van der Waals surface area contributed by atoms with Crippen LogP contribution in [0.5, 0.6) is 46.0 Å². The standard InChI is InChI=1S/C19H18F3NO5.C18H16F3NO5/c1-18(6-7-18)16-9-14(12(10-23-16)17(24)26-3)27-13-5-4-11(8-15(13)25-2)28-19(20,21)22;1-10(2)13-8-15(12(9-22-13)17(23)25-4)26-14-6-5-11(7-16(14)24-3)27-18(19,20)21/h4-5,8-10H,6-7H2,1-3H3;5-9H,1H2,2-4H3. The van der Waals surface area contributed by atoms with Crippen molar-refractivity contribution < 1.29 is 73.8 Å². The van der Waals surface area contributed by atoms with E-state index >= 15 is 0 Å². The van der Waals surface area contributed by atoms with E-state index in [0.717, 1.165) is 42.8 Å². The quantitative estimate of drug-likeness (QED) is 0.100. The molecule has 294 valence electrons. The zero-order chi connectivity index (χ0) is 40.7. The lowest BCUT2D eigenvalue weighted by Gasteiger charge is -2.16. The lowest BCUT2D eigenvalue weighted by molar-refractivity contribution is -0.275. The van der Waals surface area contributed by atoms with Gasteiger partial charge < -0.3 is 37.9 Å². The van der Waals surface area contributed by atoms with Gasteiger partial charge in [0, 0.05) is 47.8 Å². The number of hydrogen-bond acceptors (Lipinski definition) is 12. The summed E-state index contributed by atoms with van der Waals surface area (Å²) in [5.41, 5.74) is 1.88. The van der Waals surface area contributed by atoms with Crippen molar-refractivity contribution in [3.8, 4) is 46.0 Å². The number of allylic oxidation sites excluding steroid dienone is 1. The van der Waals surface area contributed by atoms with E-state index < -0.39 is 36.2 Å². The van der Waals surface area contributed by atoms with Crippen molar-refractivity contribution in [1.29, 1.82) is 0 Å². The molecule has 2 aromatic carbocycles. The van der Waals surface area contributed by atoms with E-state index in [-0.39, 0.29) is 51.0 Å². The molecule has 5 rings (SSSR count). The van der Waals surface area contributed by atoms with Crippen LogP contribution in [0.1, 0.15) is 58.8 Å². The highest BCUT2D eigenvalue weighted by atomic mass is 19.4. The van der Waals surface area contributed by atoms with E-state index in [1.807, 2.05) is 6.92 Å². The highest BCUT2D eigenvalue weighted by Crippen LogP contribution is 2.48. The average molecular weight is 781 g/mol. The van der Waals surface area contributed by atoms with Gasteiger partial charge in [0.15, 0.2) is 23.0 Å². The van der Waals surface area contributed by atoms with E-state index in [9.17, 15) is 35.9 Å². The van der Waals surface area contributed by atoms with Crippen LogP contribution < -0.4 is 28.4 Å². The third-order valence-electron chi connectivity index (χ3n) is 7.78. The number of carbonyl (C=O) groups excluding carboxylic acids is 2. The lowest BCUT2D eigenvalue weighted by atomic mass is 10.0. The molecule has 2 heterocycles. The monoisotopic (exact) mass is 780 g/mol. The number of esters is 2. The van der Waals surface area contributed by atoms with Crippen molar-refractivity contribution in [2.75, 3.05) is 28.4 Å². The molecule has 0 saturated heterocycles. The Balaban J connectivity index is 0.000000245. The molecule has 0 aliphatic heterocycles. The Labute approximate surface area is 310 Å².